The molecule has 35 heavy (non-hydrogen) atoms. The van der Waals surface area contributed by atoms with E-state index in [0.717, 1.165) is 5.69 Å². The Morgan fingerprint density at radius 1 is 1.17 bits per heavy atom. The Kier molecular flexibility index (Phi) is 7.09. The molecule has 3 aromatic rings. The molecule has 1 aliphatic rings. The van der Waals surface area contributed by atoms with Gasteiger partial charge in [-0.25, -0.2) is 4.79 Å². The van der Waals surface area contributed by atoms with Crippen molar-refractivity contribution >= 4 is 17.7 Å². The molecule has 2 aromatic heterocycles. The van der Waals surface area contributed by atoms with Gasteiger partial charge in [0.05, 0.1) is 29.0 Å². The van der Waals surface area contributed by atoms with Crippen LogP contribution in [-0.4, -0.2) is 51.8 Å². The van der Waals surface area contributed by atoms with Crippen LogP contribution in [0.15, 0.2) is 59.2 Å². The monoisotopic (exact) mass is 478 g/mol. The van der Waals surface area contributed by atoms with Gasteiger partial charge in [0, 0.05) is 37.8 Å². The van der Waals surface area contributed by atoms with E-state index in [0.29, 0.717) is 49.5 Å². The Hall–Kier alpha value is -4.21. The van der Waals surface area contributed by atoms with Gasteiger partial charge in [0.15, 0.2) is 0 Å². The Morgan fingerprint density at radius 2 is 1.91 bits per heavy atom. The average molecular weight is 479 g/mol. The van der Waals surface area contributed by atoms with Crippen molar-refractivity contribution in [3.8, 4) is 5.75 Å². The van der Waals surface area contributed by atoms with Crippen LogP contribution in [0.25, 0.3) is 0 Å². The molecule has 1 aliphatic heterocycles. The number of piperidine rings is 1. The van der Waals surface area contributed by atoms with E-state index < -0.39 is 11.0 Å². The minimum atomic E-state index is -0.635. The van der Waals surface area contributed by atoms with Gasteiger partial charge >= 0.3 is 11.8 Å². The first-order chi connectivity index (χ1) is 16.8. The smallest absolute Gasteiger partial charge is 0.415 e. The van der Waals surface area contributed by atoms with Crippen molar-refractivity contribution < 1.29 is 23.7 Å². The number of hydrogen-bond donors (Lipinski definition) is 0. The number of nitro groups is 1. The quantitative estimate of drug-likeness (QED) is 0.377. The van der Waals surface area contributed by atoms with Crippen LogP contribution in [0.5, 0.6) is 5.75 Å². The molecule has 0 radical (unpaired) electrons. The molecule has 0 bridgehead atoms. The fourth-order valence-corrected chi connectivity index (χ4v) is 4.17. The number of para-hydroxylation sites is 2. The van der Waals surface area contributed by atoms with Gasteiger partial charge in [-0.15, -0.1) is 0 Å². The highest BCUT2D eigenvalue weighted by molar-refractivity contribution is 5.95. The zero-order chi connectivity index (χ0) is 24.9. The van der Waals surface area contributed by atoms with Crippen LogP contribution in [0.1, 0.15) is 46.3 Å². The fraction of sp³-hybridized carbons (Fsp3) is 0.320. The van der Waals surface area contributed by atoms with Gasteiger partial charge in [-0.2, -0.15) is 0 Å². The molecule has 1 fully saturated rings. The molecule has 1 aromatic carbocycles. The molecule has 182 valence electrons. The number of hydrogen-bond acceptors (Lipinski definition) is 7. The van der Waals surface area contributed by atoms with Crippen LogP contribution >= 0.6 is 0 Å². The molecule has 0 spiro atoms. The van der Waals surface area contributed by atoms with Gasteiger partial charge in [0.25, 0.3) is 5.91 Å². The van der Waals surface area contributed by atoms with Crippen molar-refractivity contribution in [2.45, 2.75) is 32.2 Å². The summed E-state index contributed by atoms with van der Waals surface area (Å²) in [5.74, 6) is 0.438. The number of furan rings is 1. The molecule has 4 rings (SSSR count). The maximum absolute atomic E-state index is 13.2. The van der Waals surface area contributed by atoms with Crippen molar-refractivity contribution in [2.75, 3.05) is 20.1 Å². The number of aryl methyl sites for hydroxylation is 1. The van der Waals surface area contributed by atoms with Crippen LogP contribution in [0.3, 0.4) is 0 Å². The van der Waals surface area contributed by atoms with E-state index in [1.165, 1.54) is 23.1 Å². The van der Waals surface area contributed by atoms with Gasteiger partial charge < -0.3 is 19.0 Å². The van der Waals surface area contributed by atoms with E-state index in [1.54, 1.807) is 36.4 Å². The second-order valence-electron chi connectivity index (χ2n) is 8.48. The lowest BCUT2D eigenvalue weighted by Gasteiger charge is -2.32. The van der Waals surface area contributed by atoms with Gasteiger partial charge in [0.2, 0.25) is 5.75 Å². The van der Waals surface area contributed by atoms with Crippen LogP contribution in [0.2, 0.25) is 0 Å². The van der Waals surface area contributed by atoms with E-state index >= 15 is 0 Å². The van der Waals surface area contributed by atoms with Gasteiger partial charge in [-0.1, -0.05) is 12.1 Å². The predicted octanol–water partition coefficient (Wildman–Crippen LogP) is 4.54. The molecule has 3 heterocycles. The largest absolute Gasteiger partial charge is 0.467 e. The number of pyridine rings is 1. The highest BCUT2D eigenvalue weighted by atomic mass is 16.6. The van der Waals surface area contributed by atoms with E-state index in [4.69, 9.17) is 9.15 Å². The van der Waals surface area contributed by atoms with E-state index in [2.05, 4.69) is 4.98 Å². The van der Waals surface area contributed by atoms with E-state index in [-0.39, 0.29) is 23.3 Å². The van der Waals surface area contributed by atoms with E-state index in [9.17, 15) is 19.7 Å². The lowest BCUT2D eigenvalue weighted by Crippen LogP contribution is -2.40. The first-order valence-electron chi connectivity index (χ1n) is 11.3. The third-order valence-corrected chi connectivity index (χ3v) is 6.01. The molecule has 10 nitrogen and oxygen atoms in total. The van der Waals surface area contributed by atoms with Crippen molar-refractivity contribution in [1.29, 1.82) is 0 Å². The maximum atomic E-state index is 13.2. The first kappa shape index (κ1) is 23.9. The topological polar surface area (TPSA) is 119 Å². The summed E-state index contributed by atoms with van der Waals surface area (Å²) in [6.07, 6.45) is 2.11. The number of carbonyl (C=O) groups is 2. The molecule has 0 saturated carbocycles. The number of carbonyl (C=O) groups excluding carboxylic acids is 2. The summed E-state index contributed by atoms with van der Waals surface area (Å²) >= 11 is 0. The number of nitrogens with zero attached hydrogens (tertiary/aromatic N) is 4. The summed E-state index contributed by atoms with van der Waals surface area (Å²) in [6, 6.07) is 13.0. The first-order valence-corrected chi connectivity index (χ1v) is 11.3. The molecule has 1 saturated heterocycles. The zero-order valence-corrected chi connectivity index (χ0v) is 19.5. The summed E-state index contributed by atoms with van der Waals surface area (Å²) in [6.45, 7) is 2.99. The number of likely N-dealkylation sites (tertiary alicyclic amines) is 1. The molecular formula is C25H26N4O6. The lowest BCUT2D eigenvalue weighted by molar-refractivity contribution is -0.385. The summed E-state index contributed by atoms with van der Waals surface area (Å²) < 4.78 is 10.7. The third kappa shape index (κ3) is 5.48. The van der Waals surface area contributed by atoms with Crippen LogP contribution in [0, 0.1) is 17.0 Å². The van der Waals surface area contributed by atoms with Crippen molar-refractivity contribution in [3.05, 3.63) is 87.6 Å². The number of nitro benzene ring substituents is 1. The standard InChI is InChI=1S/C25H26N4O6/c1-17-9-10-20(24(30)27(2)16-19-6-5-15-34-19)23(26-17)18-11-13-28(14-12-18)25(31)35-22-8-4-3-7-21(22)29(32)33/h3-10,15,18H,11-14,16H2,1-2H3. The highest BCUT2D eigenvalue weighted by Crippen LogP contribution is 2.32. The van der Waals surface area contributed by atoms with Gasteiger partial charge in [-0.3, -0.25) is 19.9 Å². The Bertz CT molecular complexity index is 1220. The summed E-state index contributed by atoms with van der Waals surface area (Å²) in [5, 5.41) is 11.2. The minimum absolute atomic E-state index is 0.0130. The van der Waals surface area contributed by atoms with E-state index in [1.807, 2.05) is 19.1 Å². The number of aromatic nitrogens is 1. The molecule has 0 unspecified atom stereocenters. The molecule has 0 N–H and O–H groups in total. The number of benzene rings is 1. The lowest BCUT2D eigenvalue weighted by atomic mass is 9.90. The fourth-order valence-electron chi connectivity index (χ4n) is 4.17. The summed E-state index contributed by atoms with van der Waals surface area (Å²) in [5.41, 5.74) is 1.79. The molecule has 2 amide bonds. The molecule has 0 aliphatic carbocycles. The van der Waals surface area contributed by atoms with Crippen molar-refractivity contribution in [1.82, 2.24) is 14.8 Å². The number of rotatable bonds is 6. The normalized spacial score (nSPS) is 13.9. The minimum Gasteiger partial charge on any atom is -0.467 e. The summed E-state index contributed by atoms with van der Waals surface area (Å²) in [7, 11) is 1.72. The third-order valence-electron chi connectivity index (χ3n) is 6.01. The summed E-state index contributed by atoms with van der Waals surface area (Å²) in [4.78, 5) is 44.3. The molecular weight excluding hydrogens is 452 g/mol. The van der Waals surface area contributed by atoms with Gasteiger partial charge in [0.1, 0.15) is 5.76 Å². The highest BCUT2D eigenvalue weighted by Gasteiger charge is 2.30. The SMILES string of the molecule is Cc1ccc(C(=O)N(C)Cc2ccco2)c(C2CCN(C(=O)Oc3ccccc3[N+](=O)[O-])CC2)n1. The van der Waals surface area contributed by atoms with Crippen molar-refractivity contribution in [2.24, 2.45) is 0 Å². The second kappa shape index (κ2) is 10.4. The van der Waals surface area contributed by atoms with Crippen molar-refractivity contribution in [3.63, 3.8) is 0 Å². The zero-order valence-electron chi connectivity index (χ0n) is 19.5. The number of ether oxygens (including phenoxy) is 1. The Balaban J connectivity index is 1.44. The average Bonchev–Trinajstić information content (AvgIpc) is 3.37. The van der Waals surface area contributed by atoms with Crippen LogP contribution in [-0.2, 0) is 6.54 Å². The Morgan fingerprint density at radius 3 is 2.60 bits per heavy atom. The second-order valence-corrected chi connectivity index (χ2v) is 8.48. The predicted molar refractivity (Wildman–Crippen MR) is 126 cm³/mol. The number of amides is 2. The van der Waals surface area contributed by atoms with Crippen LogP contribution in [0.4, 0.5) is 10.5 Å². The van der Waals surface area contributed by atoms with Gasteiger partial charge in [-0.05, 0) is 50.1 Å². The van der Waals surface area contributed by atoms with Crippen LogP contribution < -0.4 is 4.74 Å². The molecule has 0 atom stereocenters. The Labute approximate surface area is 202 Å². The maximum Gasteiger partial charge on any atom is 0.415 e. The molecule has 10 heteroatoms.